The number of aromatic amines is 1. The van der Waals surface area contributed by atoms with Crippen LogP contribution < -0.4 is 0 Å². The largest absolute Gasteiger partial charge is 0.361 e. The highest BCUT2D eigenvalue weighted by molar-refractivity contribution is 5.83. The average molecular weight is 275 g/mol. The Hall–Kier alpha value is -2.68. The highest BCUT2D eigenvalue weighted by Crippen LogP contribution is 2.25. The number of fused-ring (bicyclic) bond motifs is 1. The lowest BCUT2D eigenvalue weighted by atomic mass is 9.99. The number of nitrogens with zero attached hydrogens (tertiary/aromatic N) is 2. The zero-order valence-corrected chi connectivity index (χ0v) is 11.8. The second-order valence-corrected chi connectivity index (χ2v) is 5.06. The molecule has 2 heterocycles. The number of aromatic nitrogens is 3. The molecule has 1 N–H and O–H groups in total. The van der Waals surface area contributed by atoms with Crippen molar-refractivity contribution in [3.8, 4) is 0 Å². The molecule has 0 radical (unpaired) electrons. The molecule has 0 atom stereocenters. The van der Waals surface area contributed by atoms with Gasteiger partial charge in [0.25, 0.3) is 0 Å². The minimum atomic E-state index is 0.714. The zero-order chi connectivity index (χ0) is 14.7. The number of nitrogens with one attached hydrogen (secondary N) is 1. The van der Waals surface area contributed by atoms with E-state index in [9.17, 15) is 0 Å². The highest BCUT2D eigenvalue weighted by atomic mass is 14.9. The van der Waals surface area contributed by atoms with Crippen LogP contribution in [0.4, 0.5) is 0 Å². The van der Waals surface area contributed by atoms with E-state index in [4.69, 9.17) is 0 Å². The molecule has 3 nitrogen and oxygen atoms in total. The van der Waals surface area contributed by atoms with Crippen molar-refractivity contribution in [2.24, 2.45) is 0 Å². The minimum absolute atomic E-state index is 0.714. The lowest BCUT2D eigenvalue weighted by molar-refractivity contribution is 1.03. The van der Waals surface area contributed by atoms with Crippen molar-refractivity contribution >= 4 is 22.0 Å². The Balaban J connectivity index is 1.67. The van der Waals surface area contributed by atoms with Crippen LogP contribution in [-0.2, 0) is 0 Å². The summed E-state index contributed by atoms with van der Waals surface area (Å²) in [5.74, 6) is 0.714. The SMILES string of the molecule is C=C(CCC(=C)c1ncccn1)c1ccc2[nH]ccc2c1. The quantitative estimate of drug-likeness (QED) is 0.746. The van der Waals surface area contributed by atoms with E-state index in [-0.39, 0.29) is 0 Å². The number of H-pyrrole nitrogens is 1. The molecule has 2 aromatic heterocycles. The van der Waals surface area contributed by atoms with Gasteiger partial charge in [-0.1, -0.05) is 19.2 Å². The third-order valence-corrected chi connectivity index (χ3v) is 3.57. The second kappa shape index (κ2) is 5.75. The number of allylic oxidation sites excluding steroid dienone is 2. The van der Waals surface area contributed by atoms with Gasteiger partial charge in [-0.05, 0) is 59.2 Å². The van der Waals surface area contributed by atoms with Crippen molar-refractivity contribution in [1.82, 2.24) is 15.0 Å². The van der Waals surface area contributed by atoms with Crippen molar-refractivity contribution in [2.45, 2.75) is 12.8 Å². The zero-order valence-electron chi connectivity index (χ0n) is 11.8. The molecule has 0 fully saturated rings. The van der Waals surface area contributed by atoms with Gasteiger partial charge < -0.3 is 4.98 Å². The first kappa shape index (κ1) is 13.3. The molecule has 1 aromatic carbocycles. The van der Waals surface area contributed by atoms with E-state index in [0.717, 1.165) is 29.5 Å². The molecular formula is C18H17N3. The predicted molar refractivity (Wildman–Crippen MR) is 87.6 cm³/mol. The topological polar surface area (TPSA) is 41.6 Å². The van der Waals surface area contributed by atoms with Crippen molar-refractivity contribution in [3.63, 3.8) is 0 Å². The van der Waals surface area contributed by atoms with E-state index in [1.54, 1.807) is 12.4 Å². The summed E-state index contributed by atoms with van der Waals surface area (Å²) in [6.07, 6.45) is 7.09. The van der Waals surface area contributed by atoms with Crippen LogP contribution in [0.15, 0.2) is 62.1 Å². The van der Waals surface area contributed by atoms with Gasteiger partial charge in [-0.15, -0.1) is 0 Å². The summed E-state index contributed by atoms with van der Waals surface area (Å²) >= 11 is 0. The molecule has 0 amide bonds. The highest BCUT2D eigenvalue weighted by Gasteiger charge is 2.05. The molecule has 104 valence electrons. The molecule has 0 unspecified atom stereocenters. The van der Waals surface area contributed by atoms with Crippen LogP contribution in [0.2, 0.25) is 0 Å². The molecule has 0 bridgehead atoms. The first-order valence-corrected chi connectivity index (χ1v) is 6.94. The first-order valence-electron chi connectivity index (χ1n) is 6.94. The molecule has 3 rings (SSSR count). The molecular weight excluding hydrogens is 258 g/mol. The number of hydrogen-bond donors (Lipinski definition) is 1. The second-order valence-electron chi connectivity index (χ2n) is 5.06. The number of benzene rings is 1. The van der Waals surface area contributed by atoms with Gasteiger partial charge in [0.05, 0.1) is 0 Å². The van der Waals surface area contributed by atoms with Crippen molar-refractivity contribution < 1.29 is 0 Å². The molecule has 3 heteroatoms. The summed E-state index contributed by atoms with van der Waals surface area (Å²) in [4.78, 5) is 11.6. The fraction of sp³-hybridized carbons (Fsp3) is 0.111. The Bertz CT molecular complexity index is 784. The third-order valence-electron chi connectivity index (χ3n) is 3.57. The number of hydrogen-bond acceptors (Lipinski definition) is 2. The van der Waals surface area contributed by atoms with Crippen LogP contribution in [-0.4, -0.2) is 15.0 Å². The van der Waals surface area contributed by atoms with Gasteiger partial charge in [0.2, 0.25) is 0 Å². The Morgan fingerprint density at radius 2 is 1.76 bits per heavy atom. The van der Waals surface area contributed by atoms with Crippen LogP contribution in [0.1, 0.15) is 24.2 Å². The van der Waals surface area contributed by atoms with E-state index in [1.165, 1.54) is 10.9 Å². The van der Waals surface area contributed by atoms with E-state index < -0.39 is 0 Å². The van der Waals surface area contributed by atoms with Crippen LogP contribution in [0.5, 0.6) is 0 Å². The van der Waals surface area contributed by atoms with Crippen molar-refractivity contribution in [2.75, 3.05) is 0 Å². The van der Waals surface area contributed by atoms with Crippen molar-refractivity contribution in [3.05, 3.63) is 73.5 Å². The Morgan fingerprint density at radius 1 is 1.00 bits per heavy atom. The molecule has 21 heavy (non-hydrogen) atoms. The van der Waals surface area contributed by atoms with Gasteiger partial charge in [0.1, 0.15) is 0 Å². The average Bonchev–Trinajstić information content (AvgIpc) is 3.00. The van der Waals surface area contributed by atoms with E-state index in [1.807, 2.05) is 12.3 Å². The van der Waals surface area contributed by atoms with Crippen LogP contribution >= 0.6 is 0 Å². The lowest BCUT2D eigenvalue weighted by Gasteiger charge is -2.08. The molecule has 0 spiro atoms. The Labute approximate surface area is 124 Å². The van der Waals surface area contributed by atoms with Gasteiger partial charge in [-0.2, -0.15) is 0 Å². The van der Waals surface area contributed by atoms with Gasteiger partial charge in [-0.25, -0.2) is 9.97 Å². The summed E-state index contributed by atoms with van der Waals surface area (Å²) in [7, 11) is 0. The van der Waals surface area contributed by atoms with E-state index in [0.29, 0.717) is 5.82 Å². The van der Waals surface area contributed by atoms with Gasteiger partial charge in [0, 0.05) is 24.1 Å². The van der Waals surface area contributed by atoms with E-state index >= 15 is 0 Å². The minimum Gasteiger partial charge on any atom is -0.361 e. The third kappa shape index (κ3) is 2.92. The lowest BCUT2D eigenvalue weighted by Crippen LogP contribution is -1.92. The maximum absolute atomic E-state index is 4.22. The molecule has 0 saturated carbocycles. The predicted octanol–water partition coefficient (Wildman–Crippen LogP) is 4.46. The smallest absolute Gasteiger partial charge is 0.154 e. The van der Waals surface area contributed by atoms with Crippen LogP contribution in [0.3, 0.4) is 0 Å². The van der Waals surface area contributed by atoms with Gasteiger partial charge in [-0.3, -0.25) is 0 Å². The Morgan fingerprint density at radius 3 is 2.57 bits per heavy atom. The first-order chi connectivity index (χ1) is 10.2. The summed E-state index contributed by atoms with van der Waals surface area (Å²) in [6.45, 7) is 8.25. The number of rotatable bonds is 5. The maximum Gasteiger partial charge on any atom is 0.154 e. The monoisotopic (exact) mass is 275 g/mol. The maximum atomic E-state index is 4.22. The van der Waals surface area contributed by atoms with Gasteiger partial charge >= 0.3 is 0 Å². The molecule has 0 aliphatic carbocycles. The summed E-state index contributed by atoms with van der Waals surface area (Å²) in [5, 5.41) is 1.21. The Kier molecular flexibility index (Phi) is 3.65. The van der Waals surface area contributed by atoms with E-state index in [2.05, 4.69) is 52.4 Å². The summed E-state index contributed by atoms with van der Waals surface area (Å²) < 4.78 is 0. The molecule has 0 saturated heterocycles. The fourth-order valence-electron chi connectivity index (χ4n) is 2.31. The van der Waals surface area contributed by atoms with Crippen molar-refractivity contribution in [1.29, 1.82) is 0 Å². The normalized spacial score (nSPS) is 10.7. The standard InChI is InChI=1S/C18H17N3/c1-13(4-5-14(2)18-20-9-3-10-21-18)15-6-7-17-16(12-15)8-11-19-17/h3,6-12,19H,1-2,4-5H2. The summed E-state index contributed by atoms with van der Waals surface area (Å²) in [5.41, 5.74) is 4.37. The fourth-order valence-corrected chi connectivity index (χ4v) is 2.31. The van der Waals surface area contributed by atoms with Crippen LogP contribution in [0.25, 0.3) is 22.0 Å². The van der Waals surface area contributed by atoms with Crippen LogP contribution in [0, 0.1) is 0 Å². The summed E-state index contributed by atoms with van der Waals surface area (Å²) in [6, 6.07) is 10.2. The molecule has 0 aliphatic rings. The molecule has 3 aromatic rings. The van der Waals surface area contributed by atoms with Gasteiger partial charge in [0.15, 0.2) is 5.82 Å². The molecule has 0 aliphatic heterocycles.